The number of amides is 1. The van der Waals surface area contributed by atoms with Gasteiger partial charge in [0.2, 0.25) is 11.0 Å². The minimum absolute atomic E-state index is 0.0250. The molecule has 158 valence electrons. The first-order chi connectivity index (χ1) is 14.7. The van der Waals surface area contributed by atoms with Gasteiger partial charge < -0.3 is 15.4 Å². The zero-order valence-electron chi connectivity index (χ0n) is 16.7. The fourth-order valence-electron chi connectivity index (χ4n) is 3.21. The molecule has 3 aromatic rings. The average molecular weight is 461 g/mol. The summed E-state index contributed by atoms with van der Waals surface area (Å²) < 4.78 is 6.39. The number of ether oxygens (including phenoxy) is 1. The molecule has 6 nitrogen and oxygen atoms in total. The molecule has 0 radical (unpaired) electrons. The third-order valence-electron chi connectivity index (χ3n) is 4.78. The summed E-state index contributed by atoms with van der Waals surface area (Å²) >= 11 is 4.52. The molecule has 0 bridgehead atoms. The van der Waals surface area contributed by atoms with Gasteiger partial charge in [0.1, 0.15) is 0 Å². The van der Waals surface area contributed by atoms with E-state index in [2.05, 4.69) is 58.1 Å². The number of anilines is 1. The summed E-state index contributed by atoms with van der Waals surface area (Å²) in [5, 5.41) is 17.6. The number of thioether (sulfide) groups is 1. The molecule has 2 unspecified atom stereocenters. The second kappa shape index (κ2) is 10.4. The van der Waals surface area contributed by atoms with Crippen LogP contribution >= 0.6 is 34.4 Å². The van der Waals surface area contributed by atoms with Crippen LogP contribution in [0.15, 0.2) is 46.1 Å². The number of carbonyl (C=O) groups excluding carboxylic acids is 1. The van der Waals surface area contributed by atoms with Crippen LogP contribution in [-0.2, 0) is 9.53 Å². The van der Waals surface area contributed by atoms with E-state index in [9.17, 15) is 4.79 Å². The van der Waals surface area contributed by atoms with Crippen molar-refractivity contribution in [3.8, 4) is 0 Å². The summed E-state index contributed by atoms with van der Waals surface area (Å²) in [7, 11) is 0. The van der Waals surface area contributed by atoms with Crippen molar-refractivity contribution in [2.45, 2.75) is 36.3 Å². The first kappa shape index (κ1) is 21.3. The molecule has 1 saturated heterocycles. The van der Waals surface area contributed by atoms with Crippen LogP contribution in [0.2, 0.25) is 0 Å². The number of thiophene rings is 1. The van der Waals surface area contributed by atoms with Crippen LogP contribution in [0.3, 0.4) is 0 Å². The Kier molecular flexibility index (Phi) is 7.37. The predicted octanol–water partition coefficient (Wildman–Crippen LogP) is 4.50. The highest BCUT2D eigenvalue weighted by atomic mass is 32.2. The number of carbonyl (C=O) groups is 1. The van der Waals surface area contributed by atoms with Gasteiger partial charge in [-0.05, 0) is 36.8 Å². The minimum atomic E-state index is -0.142. The largest absolute Gasteiger partial charge is 0.376 e. The maximum atomic E-state index is 12.7. The van der Waals surface area contributed by atoms with Crippen LogP contribution in [0.1, 0.15) is 34.9 Å². The Balaban J connectivity index is 1.31. The molecule has 0 spiro atoms. The number of benzene rings is 1. The second-order valence-electron chi connectivity index (χ2n) is 7.10. The Bertz CT molecular complexity index is 938. The lowest BCUT2D eigenvalue weighted by Crippen LogP contribution is -2.30. The molecule has 2 atom stereocenters. The van der Waals surface area contributed by atoms with Crippen molar-refractivity contribution in [3.63, 3.8) is 0 Å². The molecular weight excluding hydrogens is 436 g/mol. The fraction of sp³-hybridized carbons (Fsp3) is 0.381. The molecule has 1 aromatic carbocycles. The number of rotatable bonds is 9. The van der Waals surface area contributed by atoms with Crippen molar-refractivity contribution in [2.75, 3.05) is 24.2 Å². The zero-order valence-corrected chi connectivity index (χ0v) is 19.1. The summed E-state index contributed by atoms with van der Waals surface area (Å²) in [6.45, 7) is 3.65. The minimum Gasteiger partial charge on any atom is -0.376 e. The van der Waals surface area contributed by atoms with Gasteiger partial charge in [-0.3, -0.25) is 4.79 Å². The molecule has 2 N–H and O–H groups in total. The Morgan fingerprint density at radius 2 is 2.17 bits per heavy atom. The summed E-state index contributed by atoms with van der Waals surface area (Å²) in [6.07, 6.45) is 2.46. The van der Waals surface area contributed by atoms with E-state index < -0.39 is 0 Å². The molecule has 0 aliphatic carbocycles. The van der Waals surface area contributed by atoms with Crippen LogP contribution in [0, 0.1) is 6.92 Å². The fourth-order valence-corrected chi connectivity index (χ4v) is 5.58. The lowest BCUT2D eigenvalue weighted by molar-refractivity contribution is -0.119. The van der Waals surface area contributed by atoms with Gasteiger partial charge in [0, 0.05) is 18.0 Å². The number of nitrogens with zero attached hydrogens (tertiary/aromatic N) is 2. The van der Waals surface area contributed by atoms with Gasteiger partial charge in [0.15, 0.2) is 4.34 Å². The Labute approximate surface area is 188 Å². The van der Waals surface area contributed by atoms with Gasteiger partial charge in [-0.1, -0.05) is 59.0 Å². The van der Waals surface area contributed by atoms with Crippen LogP contribution in [-0.4, -0.2) is 41.1 Å². The zero-order chi connectivity index (χ0) is 20.8. The molecule has 4 rings (SSSR count). The first-order valence-electron chi connectivity index (χ1n) is 9.88. The molecule has 9 heteroatoms. The number of aryl methyl sites for hydroxylation is 1. The highest BCUT2D eigenvalue weighted by Crippen LogP contribution is 2.28. The van der Waals surface area contributed by atoms with Gasteiger partial charge >= 0.3 is 0 Å². The summed E-state index contributed by atoms with van der Waals surface area (Å²) in [6, 6.07) is 12.2. The number of aromatic nitrogens is 2. The predicted molar refractivity (Wildman–Crippen MR) is 124 cm³/mol. The van der Waals surface area contributed by atoms with Crippen molar-refractivity contribution < 1.29 is 9.53 Å². The molecule has 1 aliphatic rings. The number of hydrogen-bond acceptors (Lipinski definition) is 8. The topological polar surface area (TPSA) is 76.1 Å². The number of hydrogen-bond donors (Lipinski definition) is 2. The Hall–Kier alpha value is -1.94. The molecule has 2 aromatic heterocycles. The van der Waals surface area contributed by atoms with Crippen LogP contribution in [0.4, 0.5) is 5.13 Å². The van der Waals surface area contributed by atoms with Crippen molar-refractivity contribution in [1.82, 2.24) is 15.5 Å². The van der Waals surface area contributed by atoms with Crippen molar-refractivity contribution in [1.29, 1.82) is 0 Å². The summed E-state index contributed by atoms with van der Waals surface area (Å²) in [5.74, 6) is 0.275. The van der Waals surface area contributed by atoms with E-state index in [1.807, 2.05) is 11.4 Å². The quantitative estimate of drug-likeness (QED) is 0.458. The third kappa shape index (κ3) is 5.81. The third-order valence-corrected chi connectivity index (χ3v) is 7.73. The Morgan fingerprint density at radius 3 is 2.90 bits per heavy atom. The van der Waals surface area contributed by atoms with E-state index in [1.165, 1.54) is 28.7 Å². The van der Waals surface area contributed by atoms with Crippen molar-refractivity contribution in [2.24, 2.45) is 0 Å². The van der Waals surface area contributed by atoms with Gasteiger partial charge in [0.05, 0.1) is 17.9 Å². The van der Waals surface area contributed by atoms with E-state index >= 15 is 0 Å². The lowest BCUT2D eigenvalue weighted by atomic mass is 10.0. The lowest BCUT2D eigenvalue weighted by Gasteiger charge is -2.18. The van der Waals surface area contributed by atoms with Crippen LogP contribution in [0.5, 0.6) is 0 Å². The first-order valence-corrected chi connectivity index (χ1v) is 12.6. The normalized spacial score (nSPS) is 17.0. The smallest absolute Gasteiger partial charge is 0.231 e. The Morgan fingerprint density at radius 1 is 1.30 bits per heavy atom. The van der Waals surface area contributed by atoms with E-state index in [0.29, 0.717) is 5.75 Å². The maximum absolute atomic E-state index is 12.7. The van der Waals surface area contributed by atoms with Crippen LogP contribution < -0.4 is 10.6 Å². The molecule has 3 heterocycles. The van der Waals surface area contributed by atoms with E-state index in [-0.39, 0.29) is 18.1 Å². The van der Waals surface area contributed by atoms with Crippen molar-refractivity contribution in [3.05, 3.63) is 57.8 Å². The molecule has 30 heavy (non-hydrogen) atoms. The van der Waals surface area contributed by atoms with Gasteiger partial charge in [-0.2, -0.15) is 0 Å². The summed E-state index contributed by atoms with van der Waals surface area (Å²) in [5.41, 5.74) is 2.28. The highest BCUT2D eigenvalue weighted by Gasteiger charge is 2.19. The van der Waals surface area contributed by atoms with Gasteiger partial charge in [0.25, 0.3) is 0 Å². The number of nitrogens with one attached hydrogen (secondary N) is 2. The van der Waals surface area contributed by atoms with Gasteiger partial charge in [-0.15, -0.1) is 21.5 Å². The molecule has 1 fully saturated rings. The van der Waals surface area contributed by atoms with E-state index in [1.54, 1.807) is 11.3 Å². The van der Waals surface area contributed by atoms with E-state index in [0.717, 1.165) is 45.9 Å². The van der Waals surface area contributed by atoms with E-state index in [4.69, 9.17) is 4.74 Å². The highest BCUT2D eigenvalue weighted by molar-refractivity contribution is 8.01. The molecule has 0 saturated carbocycles. The molecular formula is C21H24N4O2S3. The van der Waals surface area contributed by atoms with Crippen molar-refractivity contribution >= 4 is 45.5 Å². The molecule has 1 amide bonds. The standard InChI is InChI=1S/C21H24N4O2S3/c1-14-6-8-15(9-7-14)19(17-5-3-11-28-17)23-18(26)13-29-21-25-24-20(30-21)22-12-16-4-2-10-27-16/h3,5-9,11,16,19H,2,4,10,12-13H2,1H3,(H,22,24)(H,23,26). The summed E-state index contributed by atoms with van der Waals surface area (Å²) in [4.78, 5) is 13.8. The van der Waals surface area contributed by atoms with Crippen LogP contribution in [0.25, 0.3) is 0 Å². The maximum Gasteiger partial charge on any atom is 0.231 e. The second-order valence-corrected chi connectivity index (χ2v) is 10.3. The monoisotopic (exact) mass is 460 g/mol. The van der Waals surface area contributed by atoms with Gasteiger partial charge in [-0.25, -0.2) is 0 Å². The molecule has 1 aliphatic heterocycles. The average Bonchev–Trinajstić information content (AvgIpc) is 3.53. The SMILES string of the molecule is Cc1ccc(C(NC(=O)CSc2nnc(NCC3CCCO3)s2)c2cccs2)cc1.